The van der Waals surface area contributed by atoms with Crippen LogP contribution in [0, 0.1) is 11.2 Å². The van der Waals surface area contributed by atoms with Crippen molar-refractivity contribution in [3.05, 3.63) is 30.1 Å². The first-order chi connectivity index (χ1) is 17.2. The van der Waals surface area contributed by atoms with E-state index in [2.05, 4.69) is 37.5 Å². The Kier molecular flexibility index (Phi) is 15.5. The fourth-order valence-electron chi connectivity index (χ4n) is 4.73. The van der Waals surface area contributed by atoms with Crippen LogP contribution >= 0.6 is 0 Å². The van der Waals surface area contributed by atoms with Crippen molar-refractivity contribution in [1.82, 2.24) is 4.90 Å². The molecule has 0 bridgehead atoms. The molecule has 1 aromatic rings. The van der Waals surface area contributed by atoms with Crippen molar-refractivity contribution in [3.8, 4) is 0 Å². The molecule has 2 atom stereocenters. The molecule has 6 nitrogen and oxygen atoms in total. The Balaban J connectivity index is 0.000000709. The van der Waals surface area contributed by atoms with Crippen LogP contribution in [0.25, 0.3) is 0 Å². The fraction of sp³-hybridized carbons (Fsp3) is 0.724. The highest BCUT2D eigenvalue weighted by molar-refractivity contribution is 5.79. The van der Waals surface area contributed by atoms with Gasteiger partial charge >= 0.3 is 5.97 Å². The third-order valence-corrected chi connectivity index (χ3v) is 6.68. The normalized spacial score (nSPS) is 21.7. The number of rotatable bonds is 10. The van der Waals surface area contributed by atoms with Crippen LogP contribution in [-0.4, -0.2) is 62.0 Å². The number of cyclic esters (lactones) is 1. The highest BCUT2D eigenvalue weighted by Gasteiger charge is 2.47. The zero-order chi connectivity index (χ0) is 27.0. The van der Waals surface area contributed by atoms with Crippen LogP contribution in [0.3, 0.4) is 0 Å². The third-order valence-electron chi connectivity index (χ3n) is 6.68. The molecule has 0 saturated carbocycles. The maximum atomic E-state index is 13.1. The number of anilines is 1. The largest absolute Gasteiger partial charge is 0.462 e. The van der Waals surface area contributed by atoms with Gasteiger partial charge in [0.1, 0.15) is 17.7 Å². The molecule has 1 aromatic carbocycles. The van der Waals surface area contributed by atoms with Gasteiger partial charge in [0.25, 0.3) is 0 Å². The molecule has 0 radical (unpaired) electrons. The van der Waals surface area contributed by atoms with Crippen molar-refractivity contribution in [2.24, 2.45) is 11.1 Å². The van der Waals surface area contributed by atoms with Crippen molar-refractivity contribution in [2.75, 3.05) is 44.2 Å². The number of Topliss-reactive ketones (excluding diaryl/α,β-unsaturated/α-hetero) is 1. The smallest absolute Gasteiger partial charge is 0.312 e. The molecule has 2 unspecified atom stereocenters. The first-order valence-electron chi connectivity index (χ1n) is 13.9. The van der Waals surface area contributed by atoms with E-state index < -0.39 is 0 Å². The van der Waals surface area contributed by atoms with Gasteiger partial charge in [-0.05, 0) is 50.5 Å². The van der Waals surface area contributed by atoms with Crippen LogP contribution in [0.2, 0.25) is 0 Å². The van der Waals surface area contributed by atoms with Crippen LogP contribution in [-0.2, 0) is 14.3 Å². The zero-order valence-corrected chi connectivity index (χ0v) is 23.4. The Labute approximate surface area is 218 Å². The van der Waals surface area contributed by atoms with Crippen LogP contribution in [0.5, 0.6) is 0 Å². The van der Waals surface area contributed by atoms with E-state index >= 15 is 0 Å². The van der Waals surface area contributed by atoms with E-state index in [1.807, 2.05) is 12.1 Å². The molecular formula is C29H50FN3O3. The number of ether oxygens (including phenoxy) is 1. The molecule has 2 heterocycles. The van der Waals surface area contributed by atoms with Gasteiger partial charge in [0, 0.05) is 44.8 Å². The molecular weight excluding hydrogens is 457 g/mol. The average Bonchev–Trinajstić information content (AvgIpc) is 3.18. The number of halogens is 1. The highest BCUT2D eigenvalue weighted by atomic mass is 19.1. The standard InChI is InChI=1S/C23H35FN2O2.C3H7NO.C3H8/c1-3-5-12-23(11-4-2)18-21(28-22(23)27)10-13-25-14-16-26(17-15-25)20-8-6-19(24)7-9-20;1-3(5)2-4;1-3-2/h6-9,21H,3-5,10-18H2,1-2H3;2,4H2,1H3;3H2,1-2H3. The maximum Gasteiger partial charge on any atom is 0.312 e. The third kappa shape index (κ3) is 11.0. The second kappa shape index (κ2) is 17.5. The van der Waals surface area contributed by atoms with Crippen molar-refractivity contribution >= 4 is 17.4 Å². The summed E-state index contributed by atoms with van der Waals surface area (Å²) in [5.74, 6) is -0.106. The molecule has 2 fully saturated rings. The van der Waals surface area contributed by atoms with Crippen molar-refractivity contribution < 1.29 is 18.7 Å². The van der Waals surface area contributed by atoms with Gasteiger partial charge in [0.15, 0.2) is 0 Å². The number of carbonyl (C=O) groups excluding carboxylic acids is 2. The van der Waals surface area contributed by atoms with Gasteiger partial charge in [-0.2, -0.15) is 0 Å². The molecule has 0 aliphatic carbocycles. The van der Waals surface area contributed by atoms with Gasteiger partial charge in [-0.15, -0.1) is 0 Å². The minimum absolute atomic E-state index is 0.0324. The Morgan fingerprint density at radius 3 is 2.14 bits per heavy atom. The molecule has 0 spiro atoms. The van der Waals surface area contributed by atoms with E-state index in [0.717, 1.165) is 83.4 Å². The number of benzene rings is 1. The Morgan fingerprint density at radius 2 is 1.64 bits per heavy atom. The van der Waals surface area contributed by atoms with Gasteiger partial charge in [-0.1, -0.05) is 53.4 Å². The summed E-state index contributed by atoms with van der Waals surface area (Å²) in [5, 5.41) is 0. The first-order valence-corrected chi connectivity index (χ1v) is 13.9. The summed E-state index contributed by atoms with van der Waals surface area (Å²) in [4.78, 5) is 27.1. The number of nitrogens with two attached hydrogens (primary N) is 1. The number of unbranched alkanes of at least 4 members (excludes halogenated alkanes) is 1. The second-order valence-electron chi connectivity index (χ2n) is 10.1. The molecule has 3 rings (SSSR count). The van der Waals surface area contributed by atoms with E-state index in [0.29, 0.717) is 0 Å². The Bertz CT molecular complexity index is 751. The first kappa shape index (κ1) is 32.0. The average molecular weight is 508 g/mol. The number of hydrogen-bond donors (Lipinski definition) is 1. The van der Waals surface area contributed by atoms with Crippen LogP contribution in [0.1, 0.15) is 86.0 Å². The summed E-state index contributed by atoms with van der Waals surface area (Å²) < 4.78 is 18.9. The SMILES string of the molecule is CC(=O)CN.CCC.CCCCC1(CCC)CC(CCN2CCN(c3ccc(F)cc3)CC2)OC1=O. The van der Waals surface area contributed by atoms with E-state index in [1.165, 1.54) is 25.5 Å². The number of nitrogens with zero attached hydrogens (tertiary/aromatic N) is 2. The summed E-state index contributed by atoms with van der Waals surface area (Å²) in [6.45, 7) is 15.1. The van der Waals surface area contributed by atoms with Gasteiger partial charge in [-0.3, -0.25) is 14.5 Å². The van der Waals surface area contributed by atoms with E-state index in [-0.39, 0.29) is 35.6 Å². The minimum atomic E-state index is -0.225. The van der Waals surface area contributed by atoms with Crippen LogP contribution < -0.4 is 10.6 Å². The summed E-state index contributed by atoms with van der Waals surface area (Å²) in [5.41, 5.74) is 5.69. The van der Waals surface area contributed by atoms with Gasteiger partial charge in [0.05, 0.1) is 12.0 Å². The monoisotopic (exact) mass is 507 g/mol. The molecule has 0 amide bonds. The minimum Gasteiger partial charge on any atom is -0.462 e. The van der Waals surface area contributed by atoms with Crippen LogP contribution in [0.15, 0.2) is 24.3 Å². The van der Waals surface area contributed by atoms with Crippen molar-refractivity contribution in [2.45, 2.75) is 92.1 Å². The Morgan fingerprint density at radius 1 is 1.06 bits per heavy atom. The molecule has 7 heteroatoms. The number of piperazine rings is 1. The summed E-state index contributed by atoms with van der Waals surface area (Å²) >= 11 is 0. The maximum absolute atomic E-state index is 13.1. The lowest BCUT2D eigenvalue weighted by atomic mass is 9.76. The predicted octanol–water partition coefficient (Wildman–Crippen LogP) is 5.58. The number of carbonyl (C=O) groups is 2. The highest BCUT2D eigenvalue weighted by Crippen LogP contribution is 2.43. The summed E-state index contributed by atoms with van der Waals surface area (Å²) in [6, 6.07) is 6.76. The molecule has 2 saturated heterocycles. The number of hydrogen-bond acceptors (Lipinski definition) is 6. The quantitative estimate of drug-likeness (QED) is 0.417. The van der Waals surface area contributed by atoms with Crippen molar-refractivity contribution in [3.63, 3.8) is 0 Å². The molecule has 2 aliphatic rings. The molecule has 2 N–H and O–H groups in total. The number of ketones is 1. The second-order valence-corrected chi connectivity index (χ2v) is 10.1. The Hall–Kier alpha value is -1.99. The van der Waals surface area contributed by atoms with Gasteiger partial charge < -0.3 is 15.4 Å². The topological polar surface area (TPSA) is 75.9 Å². The summed E-state index contributed by atoms with van der Waals surface area (Å²) in [6.07, 6.45) is 8.36. The molecule has 2 aliphatic heterocycles. The van der Waals surface area contributed by atoms with Gasteiger partial charge in [-0.25, -0.2) is 4.39 Å². The molecule has 0 aromatic heterocycles. The molecule has 36 heavy (non-hydrogen) atoms. The fourth-order valence-corrected chi connectivity index (χ4v) is 4.73. The van der Waals surface area contributed by atoms with E-state index in [9.17, 15) is 14.0 Å². The van der Waals surface area contributed by atoms with Crippen molar-refractivity contribution in [1.29, 1.82) is 0 Å². The molecule has 206 valence electrons. The van der Waals surface area contributed by atoms with E-state index in [1.54, 1.807) is 0 Å². The zero-order valence-electron chi connectivity index (χ0n) is 23.4. The summed E-state index contributed by atoms with van der Waals surface area (Å²) in [7, 11) is 0. The predicted molar refractivity (Wildman–Crippen MR) is 147 cm³/mol. The lowest BCUT2D eigenvalue weighted by molar-refractivity contribution is -0.149. The van der Waals surface area contributed by atoms with Crippen LogP contribution in [0.4, 0.5) is 10.1 Å². The number of esters is 1. The van der Waals surface area contributed by atoms with E-state index in [4.69, 9.17) is 10.5 Å². The lowest BCUT2D eigenvalue weighted by Gasteiger charge is -2.36. The van der Waals surface area contributed by atoms with Gasteiger partial charge in [0.2, 0.25) is 0 Å². The lowest BCUT2D eigenvalue weighted by Crippen LogP contribution is -2.47.